The van der Waals surface area contributed by atoms with Crippen LogP contribution >= 0.6 is 0 Å². The molecule has 1 aliphatic carbocycles. The van der Waals surface area contributed by atoms with Gasteiger partial charge in [-0.2, -0.15) is 0 Å². The van der Waals surface area contributed by atoms with Crippen LogP contribution in [0.2, 0.25) is 0 Å². The van der Waals surface area contributed by atoms with Crippen LogP contribution in [0.25, 0.3) is 5.69 Å². The van der Waals surface area contributed by atoms with Crippen molar-refractivity contribution >= 4 is 17.3 Å². The van der Waals surface area contributed by atoms with Crippen molar-refractivity contribution < 1.29 is 9.53 Å². The van der Waals surface area contributed by atoms with Crippen LogP contribution in [-0.4, -0.2) is 22.7 Å². The number of fused-ring (bicyclic) bond motifs is 1. The molecule has 1 aliphatic rings. The summed E-state index contributed by atoms with van der Waals surface area (Å²) in [6.07, 6.45) is 1.39. The number of anilines is 2. The maximum Gasteiger partial charge on any atom is 0.168 e. The van der Waals surface area contributed by atoms with E-state index < -0.39 is 0 Å². The molecule has 1 atom stereocenters. The molecule has 1 aromatic heterocycles. The summed E-state index contributed by atoms with van der Waals surface area (Å²) in [4.78, 5) is 12.8. The molecule has 0 spiro atoms. The molecule has 1 heterocycles. The van der Waals surface area contributed by atoms with E-state index >= 15 is 0 Å². The second-order valence-corrected chi connectivity index (χ2v) is 7.21. The zero-order valence-electron chi connectivity index (χ0n) is 15.8. The Morgan fingerprint density at radius 3 is 2.63 bits per heavy atom. The first-order chi connectivity index (χ1) is 13.0. The van der Waals surface area contributed by atoms with Gasteiger partial charge in [0.05, 0.1) is 24.1 Å². The monoisotopic (exact) mass is 361 g/mol. The fourth-order valence-electron chi connectivity index (χ4n) is 3.64. The third-order valence-corrected chi connectivity index (χ3v) is 4.93. The van der Waals surface area contributed by atoms with Crippen LogP contribution in [0.1, 0.15) is 35.0 Å². The van der Waals surface area contributed by atoms with E-state index in [2.05, 4.69) is 18.3 Å². The number of carbonyl (C=O) groups excluding carboxylic acids is 1. The van der Waals surface area contributed by atoms with Gasteiger partial charge in [-0.25, -0.2) is 4.68 Å². The molecule has 4 rings (SSSR count). The molecule has 27 heavy (non-hydrogen) atoms. The van der Waals surface area contributed by atoms with Crippen LogP contribution in [0, 0.1) is 12.8 Å². The number of aryl methyl sites for hydroxylation is 1. The standard InChI is InChI=1S/C22H23N3O2/c1-14-5-4-6-16(11-14)23-22-21-19(12-15(2)13-20(21)26)25(24-22)17-7-9-18(27-3)10-8-17/h4-11,15H,12-13H2,1-3H3,(H,23,24). The molecule has 5 heteroatoms. The van der Waals surface area contributed by atoms with Gasteiger partial charge in [-0.3, -0.25) is 4.79 Å². The van der Waals surface area contributed by atoms with Crippen molar-refractivity contribution in [3.63, 3.8) is 0 Å². The van der Waals surface area contributed by atoms with Gasteiger partial charge in [0.15, 0.2) is 11.6 Å². The molecular weight excluding hydrogens is 338 g/mol. The number of nitrogens with one attached hydrogen (secondary N) is 1. The smallest absolute Gasteiger partial charge is 0.168 e. The fraction of sp³-hybridized carbons (Fsp3) is 0.273. The van der Waals surface area contributed by atoms with E-state index in [1.807, 2.05) is 54.1 Å². The summed E-state index contributed by atoms with van der Waals surface area (Å²) < 4.78 is 7.14. The molecule has 0 saturated heterocycles. The van der Waals surface area contributed by atoms with Gasteiger partial charge in [0.1, 0.15) is 5.75 Å². The predicted octanol–water partition coefficient (Wildman–Crippen LogP) is 4.70. The summed E-state index contributed by atoms with van der Waals surface area (Å²) in [6.45, 7) is 4.16. The molecule has 1 unspecified atom stereocenters. The number of rotatable bonds is 4. The van der Waals surface area contributed by atoms with E-state index in [1.165, 1.54) is 0 Å². The highest BCUT2D eigenvalue weighted by atomic mass is 16.5. The minimum Gasteiger partial charge on any atom is -0.497 e. The van der Waals surface area contributed by atoms with Gasteiger partial charge in [-0.05, 0) is 61.2 Å². The van der Waals surface area contributed by atoms with E-state index in [0.717, 1.165) is 34.8 Å². The molecule has 2 aromatic carbocycles. The van der Waals surface area contributed by atoms with Gasteiger partial charge in [-0.15, -0.1) is 5.10 Å². The Labute approximate surface area is 159 Å². The number of hydrogen-bond donors (Lipinski definition) is 1. The van der Waals surface area contributed by atoms with Gasteiger partial charge in [0.25, 0.3) is 0 Å². The molecule has 3 aromatic rings. The Balaban J connectivity index is 1.81. The van der Waals surface area contributed by atoms with Gasteiger partial charge >= 0.3 is 0 Å². The van der Waals surface area contributed by atoms with Crippen molar-refractivity contribution in [1.29, 1.82) is 0 Å². The van der Waals surface area contributed by atoms with Crippen molar-refractivity contribution in [2.24, 2.45) is 5.92 Å². The first-order valence-corrected chi connectivity index (χ1v) is 9.18. The SMILES string of the molecule is COc1ccc(-n2nc(Nc3cccc(C)c3)c3c2CC(C)CC3=O)cc1. The summed E-state index contributed by atoms with van der Waals surface area (Å²) in [5, 5.41) is 8.12. The van der Waals surface area contributed by atoms with Crippen LogP contribution in [0.3, 0.4) is 0 Å². The molecule has 0 aliphatic heterocycles. The Morgan fingerprint density at radius 1 is 1.15 bits per heavy atom. The Bertz CT molecular complexity index is 989. The Kier molecular flexibility index (Phi) is 4.44. The third kappa shape index (κ3) is 3.33. The van der Waals surface area contributed by atoms with Crippen LogP contribution < -0.4 is 10.1 Å². The number of methoxy groups -OCH3 is 1. The first-order valence-electron chi connectivity index (χ1n) is 9.18. The average molecular weight is 361 g/mol. The fourth-order valence-corrected chi connectivity index (χ4v) is 3.64. The maximum atomic E-state index is 12.8. The topological polar surface area (TPSA) is 56.1 Å². The molecule has 0 fully saturated rings. The number of ketones is 1. The highest BCUT2D eigenvalue weighted by Gasteiger charge is 2.31. The lowest BCUT2D eigenvalue weighted by molar-refractivity contribution is 0.0953. The third-order valence-electron chi connectivity index (χ3n) is 4.93. The van der Waals surface area contributed by atoms with Crippen LogP contribution in [-0.2, 0) is 6.42 Å². The van der Waals surface area contributed by atoms with E-state index in [0.29, 0.717) is 23.7 Å². The number of ether oxygens (including phenoxy) is 1. The van der Waals surface area contributed by atoms with Gasteiger partial charge in [0, 0.05) is 12.1 Å². The number of hydrogen-bond acceptors (Lipinski definition) is 4. The minimum atomic E-state index is 0.152. The molecule has 5 nitrogen and oxygen atoms in total. The van der Waals surface area contributed by atoms with Gasteiger partial charge in [0.2, 0.25) is 0 Å². The zero-order chi connectivity index (χ0) is 19.0. The summed E-state index contributed by atoms with van der Waals surface area (Å²) in [7, 11) is 1.65. The molecule has 0 radical (unpaired) electrons. The molecular formula is C22H23N3O2. The minimum absolute atomic E-state index is 0.152. The largest absolute Gasteiger partial charge is 0.497 e. The molecule has 0 saturated carbocycles. The highest BCUT2D eigenvalue weighted by molar-refractivity contribution is 6.03. The molecule has 0 amide bonds. The Morgan fingerprint density at radius 2 is 1.93 bits per heavy atom. The van der Waals surface area contributed by atoms with Crippen molar-refractivity contribution in [2.45, 2.75) is 26.7 Å². The summed E-state index contributed by atoms with van der Waals surface area (Å²) in [6, 6.07) is 15.8. The lowest BCUT2D eigenvalue weighted by Crippen LogP contribution is -2.19. The van der Waals surface area contributed by atoms with Crippen molar-refractivity contribution in [3.8, 4) is 11.4 Å². The predicted molar refractivity (Wildman–Crippen MR) is 106 cm³/mol. The van der Waals surface area contributed by atoms with Crippen LogP contribution in [0.5, 0.6) is 5.75 Å². The number of Topliss-reactive ketones (excluding diaryl/α,β-unsaturated/α-hetero) is 1. The normalized spacial score (nSPS) is 16.1. The number of benzene rings is 2. The zero-order valence-corrected chi connectivity index (χ0v) is 15.8. The average Bonchev–Trinajstić information content (AvgIpc) is 3.00. The second kappa shape index (κ2) is 6.91. The van der Waals surface area contributed by atoms with Crippen molar-refractivity contribution in [1.82, 2.24) is 9.78 Å². The van der Waals surface area contributed by atoms with Crippen molar-refractivity contribution in [2.75, 3.05) is 12.4 Å². The summed E-state index contributed by atoms with van der Waals surface area (Å²) >= 11 is 0. The maximum absolute atomic E-state index is 12.8. The van der Waals surface area contributed by atoms with Crippen molar-refractivity contribution in [3.05, 3.63) is 65.4 Å². The summed E-state index contributed by atoms with van der Waals surface area (Å²) in [5.41, 5.74) is 4.70. The quantitative estimate of drug-likeness (QED) is 0.732. The van der Waals surface area contributed by atoms with E-state index in [-0.39, 0.29) is 5.78 Å². The van der Waals surface area contributed by atoms with Gasteiger partial charge in [-0.1, -0.05) is 19.1 Å². The van der Waals surface area contributed by atoms with E-state index in [1.54, 1.807) is 7.11 Å². The molecule has 1 N–H and O–H groups in total. The number of nitrogens with zero attached hydrogens (tertiary/aromatic N) is 2. The summed E-state index contributed by atoms with van der Waals surface area (Å²) in [5.74, 6) is 1.88. The second-order valence-electron chi connectivity index (χ2n) is 7.21. The van der Waals surface area contributed by atoms with E-state index in [9.17, 15) is 4.79 Å². The Hall–Kier alpha value is -3.08. The number of aromatic nitrogens is 2. The van der Waals surface area contributed by atoms with Gasteiger partial charge < -0.3 is 10.1 Å². The van der Waals surface area contributed by atoms with E-state index in [4.69, 9.17) is 9.84 Å². The number of carbonyl (C=O) groups is 1. The molecule has 0 bridgehead atoms. The van der Waals surface area contributed by atoms with Crippen LogP contribution in [0.4, 0.5) is 11.5 Å². The lowest BCUT2D eigenvalue weighted by atomic mass is 9.87. The first kappa shape index (κ1) is 17.3. The molecule has 138 valence electrons. The van der Waals surface area contributed by atoms with Crippen LogP contribution in [0.15, 0.2) is 48.5 Å². The highest BCUT2D eigenvalue weighted by Crippen LogP contribution is 2.34. The lowest BCUT2D eigenvalue weighted by Gasteiger charge is -2.19.